The summed E-state index contributed by atoms with van der Waals surface area (Å²) in [7, 11) is 0. The van der Waals surface area contributed by atoms with Gasteiger partial charge in [0.15, 0.2) is 17.0 Å². The number of ether oxygens (including phenoxy) is 1. The average molecular weight is 437 g/mol. The van der Waals surface area contributed by atoms with Crippen LogP contribution in [0.2, 0.25) is 0 Å². The molecule has 6 nitrogen and oxygen atoms in total. The number of hydrogen-bond acceptors (Lipinski definition) is 3. The van der Waals surface area contributed by atoms with Crippen LogP contribution >= 0.6 is 0 Å². The molecule has 2 aliphatic rings. The molecule has 2 N–H and O–H groups in total. The van der Waals surface area contributed by atoms with Crippen LogP contribution in [0.25, 0.3) is 5.57 Å². The lowest BCUT2D eigenvalue weighted by molar-refractivity contribution is 0.0745. The van der Waals surface area contributed by atoms with Crippen molar-refractivity contribution < 1.29 is 13.3 Å². The third-order valence-corrected chi connectivity index (χ3v) is 6.50. The van der Waals surface area contributed by atoms with E-state index in [9.17, 15) is 8.60 Å². The Bertz CT molecular complexity index is 763. The number of H-pyrrole nitrogens is 1. The molecule has 1 aliphatic carbocycles. The summed E-state index contributed by atoms with van der Waals surface area (Å²) in [5, 5.41) is 7.01. The van der Waals surface area contributed by atoms with Crippen molar-refractivity contribution >= 4 is 16.7 Å². The molecule has 1 saturated carbocycles. The van der Waals surface area contributed by atoms with Gasteiger partial charge < -0.3 is 4.74 Å². The van der Waals surface area contributed by atoms with Gasteiger partial charge in [-0.3, -0.25) is 5.10 Å². The van der Waals surface area contributed by atoms with Gasteiger partial charge in [0.25, 0.3) is 0 Å². The second-order valence-electron chi connectivity index (χ2n) is 7.23. The summed E-state index contributed by atoms with van der Waals surface area (Å²) in [4.78, 5) is 0. The van der Waals surface area contributed by atoms with E-state index in [2.05, 4.69) is 34.7 Å². The monoisotopic (exact) mass is 436 g/mol. The highest BCUT2D eigenvalue weighted by Gasteiger charge is 2.29. The molecule has 2 heterocycles. The molecule has 30 heavy (non-hydrogen) atoms. The van der Waals surface area contributed by atoms with Gasteiger partial charge in [-0.2, -0.15) is 5.10 Å². The molecule has 1 aromatic heterocycles. The van der Waals surface area contributed by atoms with Crippen LogP contribution < -0.4 is 4.72 Å². The SMILES string of the molecule is C=C/C=C(\C=C)c1n[nH]c(C2CCC(NS(=O)N3CCOCC3)CC2)c1F.C=CC. The average Bonchev–Trinajstić information content (AvgIpc) is 3.15. The second kappa shape index (κ2) is 12.7. The van der Waals surface area contributed by atoms with E-state index >= 15 is 0 Å². The largest absolute Gasteiger partial charge is 0.379 e. The molecule has 1 atom stereocenters. The van der Waals surface area contributed by atoms with Gasteiger partial charge in [0.2, 0.25) is 0 Å². The first-order valence-corrected chi connectivity index (χ1v) is 11.4. The number of hydrogen-bond donors (Lipinski definition) is 2. The smallest absolute Gasteiger partial charge is 0.172 e. The summed E-state index contributed by atoms with van der Waals surface area (Å²) in [6.07, 6.45) is 9.97. The molecule has 166 valence electrons. The number of nitrogens with one attached hydrogen (secondary N) is 2. The molecular weight excluding hydrogens is 403 g/mol. The van der Waals surface area contributed by atoms with Crippen molar-refractivity contribution in [1.82, 2.24) is 19.2 Å². The zero-order chi connectivity index (χ0) is 21.9. The van der Waals surface area contributed by atoms with Crippen molar-refractivity contribution in [2.75, 3.05) is 26.3 Å². The van der Waals surface area contributed by atoms with Gasteiger partial charge in [-0.15, -0.1) is 6.58 Å². The molecular formula is C22H33FN4O2S. The van der Waals surface area contributed by atoms with Gasteiger partial charge in [0.05, 0.1) is 18.9 Å². The Morgan fingerprint density at radius 2 is 1.90 bits per heavy atom. The first-order chi connectivity index (χ1) is 14.5. The Morgan fingerprint density at radius 3 is 2.47 bits per heavy atom. The minimum atomic E-state index is -1.19. The van der Waals surface area contributed by atoms with Crippen LogP contribution in [0.5, 0.6) is 0 Å². The van der Waals surface area contributed by atoms with E-state index in [1.807, 2.05) is 11.2 Å². The minimum absolute atomic E-state index is 0.0934. The number of nitrogens with zero attached hydrogens (tertiary/aromatic N) is 2. The van der Waals surface area contributed by atoms with Crippen molar-refractivity contribution in [1.29, 1.82) is 0 Å². The third kappa shape index (κ3) is 6.57. The molecule has 0 bridgehead atoms. The van der Waals surface area contributed by atoms with Crippen LogP contribution in [0, 0.1) is 5.82 Å². The number of allylic oxidation sites excluding steroid dienone is 5. The van der Waals surface area contributed by atoms with Crippen molar-refractivity contribution in [2.45, 2.75) is 44.6 Å². The van der Waals surface area contributed by atoms with Gasteiger partial charge >= 0.3 is 0 Å². The van der Waals surface area contributed by atoms with E-state index in [0.717, 1.165) is 25.7 Å². The van der Waals surface area contributed by atoms with Crippen molar-refractivity contribution in [2.24, 2.45) is 0 Å². The highest BCUT2D eigenvalue weighted by molar-refractivity contribution is 7.80. The predicted octanol–water partition coefficient (Wildman–Crippen LogP) is 4.02. The third-order valence-electron chi connectivity index (χ3n) is 5.13. The van der Waals surface area contributed by atoms with E-state index in [1.165, 1.54) is 0 Å². The fourth-order valence-electron chi connectivity index (χ4n) is 3.60. The van der Waals surface area contributed by atoms with Gasteiger partial charge in [-0.25, -0.2) is 17.6 Å². The Balaban J connectivity index is 0.00000101. The fourth-order valence-corrected chi connectivity index (χ4v) is 4.75. The summed E-state index contributed by atoms with van der Waals surface area (Å²) < 4.78 is 37.7. The number of halogens is 1. The Labute approximate surface area is 181 Å². The predicted molar refractivity (Wildman–Crippen MR) is 121 cm³/mol. The van der Waals surface area contributed by atoms with Gasteiger partial charge in [0, 0.05) is 30.6 Å². The van der Waals surface area contributed by atoms with E-state index in [4.69, 9.17) is 4.74 Å². The molecule has 8 heteroatoms. The lowest BCUT2D eigenvalue weighted by atomic mass is 9.84. The van der Waals surface area contributed by atoms with Crippen LogP contribution in [-0.2, 0) is 15.9 Å². The summed E-state index contributed by atoms with van der Waals surface area (Å²) in [5.41, 5.74) is 1.45. The lowest BCUT2D eigenvalue weighted by Crippen LogP contribution is -2.46. The van der Waals surface area contributed by atoms with Crippen LogP contribution in [0.4, 0.5) is 4.39 Å². The van der Waals surface area contributed by atoms with E-state index < -0.39 is 11.2 Å². The number of morpholine rings is 1. The van der Waals surface area contributed by atoms with E-state index in [1.54, 1.807) is 24.3 Å². The maximum atomic E-state index is 14.8. The van der Waals surface area contributed by atoms with E-state index in [0.29, 0.717) is 37.6 Å². The first kappa shape index (κ1) is 24.4. The molecule has 1 unspecified atom stereocenters. The number of aromatic amines is 1. The quantitative estimate of drug-likeness (QED) is 0.501. The minimum Gasteiger partial charge on any atom is -0.379 e. The highest BCUT2D eigenvalue weighted by atomic mass is 32.2. The van der Waals surface area contributed by atoms with Crippen LogP contribution in [0.3, 0.4) is 0 Å². The fraction of sp³-hybridized carbons (Fsp3) is 0.500. The molecule has 2 fully saturated rings. The summed E-state index contributed by atoms with van der Waals surface area (Å²) in [5.74, 6) is -0.216. The Morgan fingerprint density at radius 1 is 1.27 bits per heavy atom. The van der Waals surface area contributed by atoms with Crippen LogP contribution in [0.15, 0.2) is 44.0 Å². The van der Waals surface area contributed by atoms with Crippen LogP contribution in [0.1, 0.15) is 49.9 Å². The summed E-state index contributed by atoms with van der Waals surface area (Å²) >= 11 is -1.19. The molecule has 3 rings (SSSR count). The van der Waals surface area contributed by atoms with Crippen LogP contribution in [-0.4, -0.2) is 51.1 Å². The van der Waals surface area contributed by atoms with Gasteiger partial charge in [0.1, 0.15) is 5.69 Å². The zero-order valence-electron chi connectivity index (χ0n) is 17.7. The number of rotatable bonds is 7. The molecule has 1 aliphatic heterocycles. The highest BCUT2D eigenvalue weighted by Crippen LogP contribution is 2.35. The maximum Gasteiger partial charge on any atom is 0.172 e. The van der Waals surface area contributed by atoms with E-state index in [-0.39, 0.29) is 23.5 Å². The summed E-state index contributed by atoms with van der Waals surface area (Å²) in [6, 6.07) is 0.180. The molecule has 1 aromatic rings. The molecule has 0 aromatic carbocycles. The second-order valence-corrected chi connectivity index (χ2v) is 8.48. The summed E-state index contributed by atoms with van der Waals surface area (Å²) in [6.45, 7) is 15.2. The molecule has 0 radical (unpaired) electrons. The Kier molecular flexibility index (Phi) is 10.4. The topological polar surface area (TPSA) is 70.2 Å². The van der Waals surface area contributed by atoms with Crippen molar-refractivity contribution in [3.63, 3.8) is 0 Å². The molecule has 0 spiro atoms. The first-order valence-electron chi connectivity index (χ1n) is 10.3. The molecule has 1 saturated heterocycles. The molecule has 0 amide bonds. The van der Waals surface area contributed by atoms with Gasteiger partial charge in [-0.05, 0) is 32.6 Å². The van der Waals surface area contributed by atoms with Gasteiger partial charge in [-0.1, -0.05) is 37.5 Å². The van der Waals surface area contributed by atoms with Crippen molar-refractivity contribution in [3.8, 4) is 0 Å². The maximum absolute atomic E-state index is 14.8. The Hall–Kier alpha value is -1.87. The number of aromatic nitrogens is 2. The zero-order valence-corrected chi connectivity index (χ0v) is 18.6. The van der Waals surface area contributed by atoms with Crippen molar-refractivity contribution in [3.05, 3.63) is 61.2 Å². The normalized spacial score (nSPS) is 23.7. The lowest BCUT2D eigenvalue weighted by Gasteiger charge is -2.31. The standard InChI is InChI=1S/C19H27FN4O2S.C3H6/c1-3-5-14(4-2)18-17(20)19(22-21-18)15-6-8-16(9-7-15)23-27(25)24-10-12-26-13-11-24;1-3-2/h3-5,15-16,23H,1-2,6-13H2,(H,21,22);3H,1H2,2H3/b14-5+;.